The van der Waals surface area contributed by atoms with Gasteiger partial charge < -0.3 is 10.6 Å². The molecule has 1 unspecified atom stereocenters. The molecule has 0 spiro atoms. The average Bonchev–Trinajstić information content (AvgIpc) is 3.03. The molecule has 0 aromatic heterocycles. The van der Waals surface area contributed by atoms with Gasteiger partial charge in [0.2, 0.25) is 5.91 Å². The van der Waals surface area contributed by atoms with E-state index in [0.717, 1.165) is 11.8 Å². The molecule has 2 saturated carbocycles. The number of carbonyl (C=O) groups excluding carboxylic acids is 1. The van der Waals surface area contributed by atoms with Crippen molar-refractivity contribution in [1.29, 1.82) is 0 Å². The average molecular weight is 224 g/mol. The van der Waals surface area contributed by atoms with E-state index in [9.17, 15) is 4.79 Å². The molecule has 1 amide bonds. The molecule has 3 nitrogen and oxygen atoms in total. The van der Waals surface area contributed by atoms with Gasteiger partial charge in [-0.3, -0.25) is 4.79 Å². The van der Waals surface area contributed by atoms with Crippen LogP contribution in [0, 0.1) is 11.8 Å². The summed E-state index contributed by atoms with van der Waals surface area (Å²) in [6, 6.07) is 0.790. The highest BCUT2D eigenvalue weighted by atomic mass is 16.2. The third-order valence-corrected chi connectivity index (χ3v) is 3.53. The van der Waals surface area contributed by atoms with E-state index in [1.54, 1.807) is 0 Å². The number of amides is 1. The molecule has 1 atom stereocenters. The van der Waals surface area contributed by atoms with Crippen LogP contribution in [0.2, 0.25) is 0 Å². The maximum absolute atomic E-state index is 11.8. The summed E-state index contributed by atoms with van der Waals surface area (Å²) in [5.74, 6) is 1.84. The van der Waals surface area contributed by atoms with E-state index < -0.39 is 0 Å². The van der Waals surface area contributed by atoms with Gasteiger partial charge in [0.25, 0.3) is 0 Å². The largest absolute Gasteiger partial charge is 0.353 e. The maximum atomic E-state index is 11.8. The molecule has 2 aliphatic carbocycles. The van der Waals surface area contributed by atoms with Gasteiger partial charge in [0.05, 0.1) is 6.04 Å². The van der Waals surface area contributed by atoms with Gasteiger partial charge in [0.15, 0.2) is 0 Å². The quantitative estimate of drug-likeness (QED) is 0.720. The van der Waals surface area contributed by atoms with Crippen molar-refractivity contribution < 1.29 is 4.79 Å². The standard InChI is InChI=1S/C13H24N2O/c1-8(2)14-13(16)9(3)15-12(10-4-5-10)11-6-7-11/h8-12,15H,4-7H2,1-3H3,(H,14,16). The fraction of sp³-hybridized carbons (Fsp3) is 0.923. The third kappa shape index (κ3) is 3.21. The summed E-state index contributed by atoms with van der Waals surface area (Å²) < 4.78 is 0. The van der Waals surface area contributed by atoms with Crippen LogP contribution in [0.5, 0.6) is 0 Å². The van der Waals surface area contributed by atoms with Crippen molar-refractivity contribution in [3.05, 3.63) is 0 Å². The normalized spacial score (nSPS) is 22.6. The van der Waals surface area contributed by atoms with Gasteiger partial charge in [0.1, 0.15) is 0 Å². The second-order valence-electron chi connectivity index (χ2n) is 5.75. The molecule has 0 radical (unpaired) electrons. The van der Waals surface area contributed by atoms with Crippen LogP contribution >= 0.6 is 0 Å². The van der Waals surface area contributed by atoms with Crippen molar-refractivity contribution in [2.45, 2.75) is 64.6 Å². The van der Waals surface area contributed by atoms with Gasteiger partial charge in [-0.1, -0.05) is 0 Å². The molecule has 0 saturated heterocycles. The first-order valence-corrected chi connectivity index (χ1v) is 6.64. The third-order valence-electron chi connectivity index (χ3n) is 3.53. The van der Waals surface area contributed by atoms with Crippen LogP contribution < -0.4 is 10.6 Å². The molecule has 2 aliphatic rings. The van der Waals surface area contributed by atoms with Gasteiger partial charge in [-0.2, -0.15) is 0 Å². The van der Waals surface area contributed by atoms with Gasteiger partial charge >= 0.3 is 0 Å². The molecular formula is C13H24N2O. The van der Waals surface area contributed by atoms with Crippen LogP contribution in [0.25, 0.3) is 0 Å². The molecule has 0 aromatic carbocycles. The Kier molecular flexibility index (Phi) is 3.53. The van der Waals surface area contributed by atoms with Gasteiger partial charge in [-0.05, 0) is 58.3 Å². The van der Waals surface area contributed by atoms with Crippen molar-refractivity contribution >= 4 is 5.91 Å². The Morgan fingerprint density at radius 2 is 1.56 bits per heavy atom. The Morgan fingerprint density at radius 1 is 1.06 bits per heavy atom. The summed E-state index contributed by atoms with van der Waals surface area (Å²) in [6.45, 7) is 5.99. The summed E-state index contributed by atoms with van der Waals surface area (Å²) >= 11 is 0. The summed E-state index contributed by atoms with van der Waals surface area (Å²) in [6.07, 6.45) is 5.42. The lowest BCUT2D eigenvalue weighted by atomic mass is 10.1. The number of hydrogen-bond acceptors (Lipinski definition) is 2. The molecule has 2 fully saturated rings. The molecule has 0 bridgehead atoms. The maximum Gasteiger partial charge on any atom is 0.237 e. The summed E-state index contributed by atoms with van der Waals surface area (Å²) in [5.41, 5.74) is 0. The van der Waals surface area contributed by atoms with Gasteiger partial charge in [0, 0.05) is 12.1 Å². The Hall–Kier alpha value is -0.570. The first-order chi connectivity index (χ1) is 7.58. The Bertz CT molecular complexity index is 245. The number of rotatable bonds is 6. The molecule has 0 aromatic rings. The van der Waals surface area contributed by atoms with Gasteiger partial charge in [-0.25, -0.2) is 0 Å². The summed E-state index contributed by atoms with van der Waals surface area (Å²) in [5, 5.41) is 6.50. The molecule has 92 valence electrons. The number of nitrogens with one attached hydrogen (secondary N) is 2. The Balaban J connectivity index is 1.79. The number of hydrogen-bond donors (Lipinski definition) is 2. The fourth-order valence-corrected chi connectivity index (χ4v) is 2.34. The number of carbonyl (C=O) groups is 1. The molecule has 0 heterocycles. The van der Waals surface area contributed by atoms with Crippen LogP contribution in [-0.2, 0) is 4.79 Å². The fourth-order valence-electron chi connectivity index (χ4n) is 2.34. The molecule has 16 heavy (non-hydrogen) atoms. The first kappa shape index (κ1) is 11.9. The highest BCUT2D eigenvalue weighted by Crippen LogP contribution is 2.44. The zero-order valence-electron chi connectivity index (χ0n) is 10.6. The zero-order valence-corrected chi connectivity index (χ0v) is 10.6. The van der Waals surface area contributed by atoms with E-state index in [4.69, 9.17) is 0 Å². The van der Waals surface area contributed by atoms with E-state index in [1.807, 2.05) is 20.8 Å². The SMILES string of the molecule is CC(C)NC(=O)C(C)NC(C1CC1)C1CC1. The molecule has 3 heteroatoms. The topological polar surface area (TPSA) is 41.1 Å². The Labute approximate surface area is 98.4 Å². The Morgan fingerprint density at radius 3 is 1.94 bits per heavy atom. The van der Waals surface area contributed by atoms with Crippen LogP contribution in [0.1, 0.15) is 46.5 Å². The van der Waals surface area contributed by atoms with Crippen molar-refractivity contribution in [3.8, 4) is 0 Å². The van der Waals surface area contributed by atoms with Crippen molar-refractivity contribution in [1.82, 2.24) is 10.6 Å². The molecule has 0 aliphatic heterocycles. The lowest BCUT2D eigenvalue weighted by Gasteiger charge is -2.23. The highest BCUT2D eigenvalue weighted by molar-refractivity contribution is 5.81. The van der Waals surface area contributed by atoms with Crippen LogP contribution in [0.4, 0.5) is 0 Å². The minimum atomic E-state index is -0.0476. The highest BCUT2D eigenvalue weighted by Gasteiger charge is 2.42. The van der Waals surface area contributed by atoms with E-state index in [-0.39, 0.29) is 18.0 Å². The molecular weight excluding hydrogens is 200 g/mol. The summed E-state index contributed by atoms with van der Waals surface area (Å²) in [4.78, 5) is 11.8. The van der Waals surface area contributed by atoms with Crippen molar-refractivity contribution in [2.24, 2.45) is 11.8 Å². The molecule has 2 N–H and O–H groups in total. The minimum absolute atomic E-state index is 0.0476. The van der Waals surface area contributed by atoms with E-state index in [2.05, 4.69) is 10.6 Å². The zero-order chi connectivity index (χ0) is 11.7. The summed E-state index contributed by atoms with van der Waals surface area (Å²) in [7, 11) is 0. The lowest BCUT2D eigenvalue weighted by molar-refractivity contribution is -0.123. The van der Waals surface area contributed by atoms with Crippen molar-refractivity contribution in [3.63, 3.8) is 0 Å². The van der Waals surface area contributed by atoms with Crippen LogP contribution in [0.15, 0.2) is 0 Å². The monoisotopic (exact) mass is 224 g/mol. The smallest absolute Gasteiger partial charge is 0.237 e. The second-order valence-corrected chi connectivity index (χ2v) is 5.75. The predicted molar refractivity (Wildman–Crippen MR) is 65.1 cm³/mol. The first-order valence-electron chi connectivity index (χ1n) is 6.64. The van der Waals surface area contributed by atoms with Crippen LogP contribution in [0.3, 0.4) is 0 Å². The lowest BCUT2D eigenvalue weighted by Crippen LogP contribution is -2.49. The predicted octanol–water partition coefficient (Wildman–Crippen LogP) is 1.68. The van der Waals surface area contributed by atoms with E-state index >= 15 is 0 Å². The van der Waals surface area contributed by atoms with Gasteiger partial charge in [-0.15, -0.1) is 0 Å². The minimum Gasteiger partial charge on any atom is -0.353 e. The molecule has 2 rings (SSSR count). The van der Waals surface area contributed by atoms with Crippen LogP contribution in [-0.4, -0.2) is 24.0 Å². The van der Waals surface area contributed by atoms with E-state index in [0.29, 0.717) is 6.04 Å². The second kappa shape index (κ2) is 4.74. The van der Waals surface area contributed by atoms with E-state index in [1.165, 1.54) is 25.7 Å². The van der Waals surface area contributed by atoms with Crippen molar-refractivity contribution in [2.75, 3.05) is 0 Å².